The van der Waals surface area contributed by atoms with Gasteiger partial charge in [-0.05, 0) is 0 Å². The number of carbonyl (C=O) groups excluding carboxylic acids is 1. The van der Waals surface area contributed by atoms with Gasteiger partial charge in [0.2, 0.25) is 0 Å². The van der Waals surface area contributed by atoms with Gasteiger partial charge in [-0.2, -0.15) is 0 Å². The topological polar surface area (TPSA) is 46.5 Å². The highest BCUT2D eigenvalue weighted by molar-refractivity contribution is 8.76. The molecule has 1 heterocycles. The van der Waals surface area contributed by atoms with E-state index in [0.717, 1.165) is 0 Å². The molecule has 1 aliphatic heterocycles. The second kappa shape index (κ2) is 5.12. The Labute approximate surface area is 86.0 Å². The number of hydrogen-bond acceptors (Lipinski definition) is 5. The van der Waals surface area contributed by atoms with Crippen LogP contribution in [0.3, 0.4) is 0 Å². The van der Waals surface area contributed by atoms with E-state index in [1.54, 1.807) is 35.4 Å². The monoisotopic (exact) mass is 222 g/mol. The van der Waals surface area contributed by atoms with Gasteiger partial charge >= 0.3 is 5.97 Å². The van der Waals surface area contributed by atoms with Crippen LogP contribution in [-0.4, -0.2) is 34.8 Å². The fourth-order valence-corrected chi connectivity index (χ4v) is 3.22. The molecule has 0 radical (unpaired) electrons. The average Bonchev–Trinajstić information content (AvgIpc) is 2.08. The first kappa shape index (κ1) is 11.2. The number of esters is 1. The van der Waals surface area contributed by atoms with E-state index in [4.69, 9.17) is 4.74 Å². The van der Waals surface area contributed by atoms with Crippen molar-refractivity contribution in [2.45, 2.75) is 26.1 Å². The molecule has 0 aliphatic carbocycles. The van der Waals surface area contributed by atoms with E-state index >= 15 is 0 Å². The van der Waals surface area contributed by atoms with Gasteiger partial charge in [-0.3, -0.25) is 4.79 Å². The second-order valence-electron chi connectivity index (χ2n) is 3.27. The number of hydrogen-bond donors (Lipinski definition) is 1. The molecule has 0 aromatic carbocycles. The van der Waals surface area contributed by atoms with Gasteiger partial charge in [0.15, 0.2) is 0 Å². The molecule has 76 valence electrons. The van der Waals surface area contributed by atoms with E-state index in [1.807, 2.05) is 0 Å². The molecule has 1 N–H and O–H groups in total. The highest BCUT2D eigenvalue weighted by atomic mass is 33.1. The third kappa shape index (κ3) is 3.40. The minimum absolute atomic E-state index is 0.119. The molecule has 0 saturated carbocycles. The van der Waals surface area contributed by atoms with E-state index in [9.17, 15) is 9.90 Å². The smallest absolute Gasteiger partial charge is 0.308 e. The van der Waals surface area contributed by atoms with Crippen molar-refractivity contribution in [1.82, 2.24) is 0 Å². The summed E-state index contributed by atoms with van der Waals surface area (Å²) in [6.45, 7) is 3.58. The van der Waals surface area contributed by atoms with Crippen LogP contribution in [0.25, 0.3) is 0 Å². The molecule has 0 aromatic rings. The molecule has 3 nitrogen and oxygen atoms in total. The SMILES string of the molecule is CC(C)C(=O)OC1CSSC[C@@H]1O. The van der Waals surface area contributed by atoms with E-state index in [-0.39, 0.29) is 18.0 Å². The Hall–Kier alpha value is 0.130. The lowest BCUT2D eigenvalue weighted by atomic mass is 10.2. The van der Waals surface area contributed by atoms with Crippen molar-refractivity contribution in [3.63, 3.8) is 0 Å². The van der Waals surface area contributed by atoms with E-state index in [2.05, 4.69) is 0 Å². The molecule has 2 atom stereocenters. The van der Waals surface area contributed by atoms with Gasteiger partial charge in [0, 0.05) is 11.5 Å². The Bertz CT molecular complexity index is 184. The summed E-state index contributed by atoms with van der Waals surface area (Å²) in [5.74, 6) is 0.980. The molecule has 0 amide bonds. The summed E-state index contributed by atoms with van der Waals surface area (Å²) in [6.07, 6.45) is -0.824. The van der Waals surface area contributed by atoms with Gasteiger partial charge in [-0.1, -0.05) is 35.4 Å². The lowest BCUT2D eigenvalue weighted by molar-refractivity contribution is -0.156. The number of aliphatic hydroxyl groups is 1. The van der Waals surface area contributed by atoms with E-state index in [0.29, 0.717) is 11.5 Å². The molecule has 0 spiro atoms. The van der Waals surface area contributed by atoms with Gasteiger partial charge < -0.3 is 9.84 Å². The van der Waals surface area contributed by atoms with Gasteiger partial charge in [-0.15, -0.1) is 0 Å². The van der Waals surface area contributed by atoms with Crippen molar-refractivity contribution >= 4 is 27.6 Å². The zero-order valence-electron chi connectivity index (χ0n) is 7.73. The van der Waals surface area contributed by atoms with Crippen LogP contribution in [0, 0.1) is 5.92 Å². The molecule has 0 aromatic heterocycles. The summed E-state index contributed by atoms with van der Waals surface area (Å²) in [5.41, 5.74) is 0. The first-order valence-electron chi connectivity index (χ1n) is 4.24. The van der Waals surface area contributed by atoms with Gasteiger partial charge in [0.1, 0.15) is 12.2 Å². The zero-order valence-corrected chi connectivity index (χ0v) is 9.36. The number of rotatable bonds is 2. The van der Waals surface area contributed by atoms with Crippen LogP contribution in [0.1, 0.15) is 13.8 Å². The minimum Gasteiger partial charge on any atom is -0.458 e. The summed E-state index contributed by atoms with van der Waals surface area (Å²) in [5, 5.41) is 9.49. The highest BCUT2D eigenvalue weighted by Gasteiger charge is 2.28. The Morgan fingerprint density at radius 2 is 2.08 bits per heavy atom. The van der Waals surface area contributed by atoms with Crippen LogP contribution in [0.4, 0.5) is 0 Å². The lowest BCUT2D eigenvalue weighted by Gasteiger charge is -2.26. The predicted octanol–water partition coefficient (Wildman–Crippen LogP) is 1.31. The fraction of sp³-hybridized carbons (Fsp3) is 0.875. The number of aliphatic hydroxyl groups excluding tert-OH is 1. The normalized spacial score (nSPS) is 28.9. The largest absolute Gasteiger partial charge is 0.458 e. The van der Waals surface area contributed by atoms with Crippen molar-refractivity contribution in [2.75, 3.05) is 11.5 Å². The third-order valence-electron chi connectivity index (χ3n) is 1.72. The lowest BCUT2D eigenvalue weighted by Crippen LogP contribution is -2.38. The van der Waals surface area contributed by atoms with Crippen LogP contribution in [-0.2, 0) is 9.53 Å². The first-order chi connectivity index (χ1) is 6.11. The molecular formula is C8H14O3S2. The first-order valence-corrected chi connectivity index (χ1v) is 6.73. The molecule has 1 aliphatic rings. The molecule has 1 rings (SSSR count). The van der Waals surface area contributed by atoms with Gasteiger partial charge in [0.05, 0.1) is 5.92 Å². The molecule has 1 saturated heterocycles. The third-order valence-corrected chi connectivity index (χ3v) is 4.15. The number of ether oxygens (including phenoxy) is 1. The van der Waals surface area contributed by atoms with Gasteiger partial charge in [0.25, 0.3) is 0 Å². The van der Waals surface area contributed by atoms with Crippen molar-refractivity contribution < 1.29 is 14.6 Å². The zero-order chi connectivity index (χ0) is 9.84. The van der Waals surface area contributed by atoms with Crippen LogP contribution in [0.15, 0.2) is 0 Å². The van der Waals surface area contributed by atoms with E-state index in [1.165, 1.54) is 0 Å². The van der Waals surface area contributed by atoms with E-state index < -0.39 is 6.10 Å². The van der Waals surface area contributed by atoms with Crippen molar-refractivity contribution in [3.8, 4) is 0 Å². The fourth-order valence-electron chi connectivity index (χ4n) is 0.849. The van der Waals surface area contributed by atoms with Gasteiger partial charge in [-0.25, -0.2) is 0 Å². The van der Waals surface area contributed by atoms with Crippen molar-refractivity contribution in [2.24, 2.45) is 5.92 Å². The number of carbonyl (C=O) groups is 1. The van der Waals surface area contributed by atoms with Crippen molar-refractivity contribution in [3.05, 3.63) is 0 Å². The molecule has 1 fully saturated rings. The summed E-state index contributed by atoms with van der Waals surface area (Å²) >= 11 is 0. The summed E-state index contributed by atoms with van der Waals surface area (Å²) < 4.78 is 5.14. The van der Waals surface area contributed by atoms with Crippen LogP contribution in [0.5, 0.6) is 0 Å². The quantitative estimate of drug-likeness (QED) is 0.564. The Kier molecular flexibility index (Phi) is 4.41. The van der Waals surface area contributed by atoms with Crippen LogP contribution < -0.4 is 0 Å². The Morgan fingerprint density at radius 1 is 1.46 bits per heavy atom. The summed E-state index contributed by atoms with van der Waals surface area (Å²) in [4.78, 5) is 11.2. The second-order valence-corrected chi connectivity index (χ2v) is 5.82. The van der Waals surface area contributed by atoms with Crippen molar-refractivity contribution in [1.29, 1.82) is 0 Å². The molecule has 0 bridgehead atoms. The predicted molar refractivity (Wildman–Crippen MR) is 55.6 cm³/mol. The maximum Gasteiger partial charge on any atom is 0.308 e. The molecular weight excluding hydrogens is 208 g/mol. The average molecular weight is 222 g/mol. The highest BCUT2D eigenvalue weighted by Crippen LogP contribution is 2.31. The Balaban J connectivity index is 2.38. The van der Waals surface area contributed by atoms with Crippen LogP contribution >= 0.6 is 21.6 Å². The maximum absolute atomic E-state index is 11.2. The maximum atomic E-state index is 11.2. The summed E-state index contributed by atoms with van der Waals surface area (Å²) in [7, 11) is 3.26. The van der Waals surface area contributed by atoms with Crippen LogP contribution in [0.2, 0.25) is 0 Å². The molecule has 13 heavy (non-hydrogen) atoms. The molecule has 1 unspecified atom stereocenters. The summed E-state index contributed by atoms with van der Waals surface area (Å²) in [6, 6.07) is 0. The minimum atomic E-state index is -0.506. The Morgan fingerprint density at radius 3 is 2.62 bits per heavy atom. The molecule has 5 heteroatoms. The standard InChI is InChI=1S/C8H14O3S2/c1-5(2)8(10)11-7-4-13-12-3-6(7)9/h5-7,9H,3-4H2,1-2H3/t6-,7?/m0/s1.